The predicted molar refractivity (Wildman–Crippen MR) is 175 cm³/mol. The van der Waals surface area contributed by atoms with Crippen molar-refractivity contribution in [3.05, 3.63) is 64.9 Å². The quantitative estimate of drug-likeness (QED) is 0.316. The van der Waals surface area contributed by atoms with Crippen molar-refractivity contribution in [1.29, 1.82) is 0 Å². The Hall–Kier alpha value is -1.20. The van der Waals surface area contributed by atoms with Gasteiger partial charge in [0.05, 0.1) is 55.8 Å². The summed E-state index contributed by atoms with van der Waals surface area (Å²) in [6.07, 6.45) is 0. The van der Waals surface area contributed by atoms with Crippen LogP contribution in [0.2, 0.25) is 0 Å². The first-order chi connectivity index (χ1) is 23.8. The summed E-state index contributed by atoms with van der Waals surface area (Å²) >= 11 is 2.92. The SMILES string of the molecule is CC1(C)OB(B2OC(C)(C)C(C)(C)O2)OC1(C)C.[2H]CF.[2H]c1c([2H])c([2H])c(B2OC(C)(C)C(C)(C)O2)c([2H])c1[2H].[2H]c1c([2H])c([2H])c(Br)c([2H])c1[2H]. The van der Waals surface area contributed by atoms with Gasteiger partial charge in [-0.05, 0) is 101 Å². The lowest BCUT2D eigenvalue weighted by atomic mass is 9.49. The summed E-state index contributed by atoms with van der Waals surface area (Å²) in [7, 11) is -2.92. The van der Waals surface area contributed by atoms with Crippen LogP contribution in [0, 0.1) is 0 Å². The van der Waals surface area contributed by atoms with Crippen LogP contribution in [-0.4, -0.2) is 61.9 Å². The van der Waals surface area contributed by atoms with Crippen molar-refractivity contribution in [3.8, 4) is 0 Å². The van der Waals surface area contributed by atoms with Crippen LogP contribution in [0.15, 0.2) is 64.9 Å². The van der Waals surface area contributed by atoms with E-state index in [0.717, 1.165) is 0 Å². The lowest BCUT2D eigenvalue weighted by Crippen LogP contribution is -2.41. The summed E-state index contributed by atoms with van der Waals surface area (Å²) in [5, 5.41) is 0. The Kier molecular flexibility index (Phi) is 7.64. The van der Waals surface area contributed by atoms with Crippen molar-refractivity contribution in [2.75, 3.05) is 7.15 Å². The van der Waals surface area contributed by atoms with E-state index >= 15 is 0 Å². The second-order valence-corrected chi connectivity index (χ2v) is 13.6. The zero-order valence-corrected chi connectivity index (χ0v) is 28.2. The first-order valence-corrected chi connectivity index (χ1v) is 14.3. The van der Waals surface area contributed by atoms with E-state index in [1.807, 2.05) is 83.1 Å². The fourth-order valence-corrected chi connectivity index (χ4v) is 3.77. The molecule has 0 aliphatic carbocycles. The maximum Gasteiger partial charge on any atom is 0.494 e. The number of hydrogen-bond acceptors (Lipinski definition) is 6. The average molecular weight is 660 g/mol. The largest absolute Gasteiger partial charge is 0.494 e. The normalized spacial score (nSPS) is 27.2. The Morgan fingerprint density at radius 1 is 0.548 bits per heavy atom. The highest BCUT2D eigenvalue weighted by Crippen LogP contribution is 2.43. The third-order valence-corrected chi connectivity index (χ3v) is 8.64. The van der Waals surface area contributed by atoms with Gasteiger partial charge in [0.25, 0.3) is 0 Å². The highest BCUT2D eigenvalue weighted by atomic mass is 79.9. The van der Waals surface area contributed by atoms with Gasteiger partial charge in [-0.2, -0.15) is 0 Å². The van der Waals surface area contributed by atoms with Crippen molar-refractivity contribution in [3.63, 3.8) is 0 Å². The average Bonchev–Trinajstić information content (AvgIpc) is 3.49. The van der Waals surface area contributed by atoms with Crippen LogP contribution in [0.4, 0.5) is 4.39 Å². The minimum absolute atomic E-state index is 0.0506. The molecular formula is C31H49B3BrFO6. The van der Waals surface area contributed by atoms with E-state index in [4.69, 9.17) is 43.0 Å². The molecule has 2 aromatic carbocycles. The van der Waals surface area contributed by atoms with Crippen LogP contribution in [0.5, 0.6) is 0 Å². The van der Waals surface area contributed by atoms with Crippen molar-refractivity contribution in [2.24, 2.45) is 0 Å². The van der Waals surface area contributed by atoms with Gasteiger partial charge < -0.3 is 27.9 Å². The highest BCUT2D eigenvalue weighted by molar-refractivity contribution is 9.10. The second kappa shape index (κ2) is 13.8. The number of benzene rings is 2. The minimum atomic E-state index is -1.00. The van der Waals surface area contributed by atoms with E-state index in [9.17, 15) is 4.39 Å². The fourth-order valence-electron chi connectivity index (χ4n) is 3.57. The van der Waals surface area contributed by atoms with Crippen LogP contribution in [0.25, 0.3) is 0 Å². The van der Waals surface area contributed by atoms with Gasteiger partial charge in [-0.15, -0.1) is 0 Å². The van der Waals surface area contributed by atoms with Gasteiger partial charge in [-0.3, -0.25) is 4.39 Å². The van der Waals surface area contributed by atoms with Crippen LogP contribution >= 0.6 is 15.9 Å². The van der Waals surface area contributed by atoms with E-state index in [-0.39, 0.29) is 86.7 Å². The number of halogens is 2. The topological polar surface area (TPSA) is 55.4 Å². The van der Waals surface area contributed by atoms with E-state index in [1.54, 1.807) is 0 Å². The molecule has 0 atom stereocenters. The second-order valence-electron chi connectivity index (χ2n) is 12.8. The molecule has 3 aliphatic heterocycles. The Morgan fingerprint density at radius 2 is 0.810 bits per heavy atom. The first-order valence-electron chi connectivity index (χ1n) is 19.2. The monoisotopic (exact) mass is 659 g/mol. The molecule has 5 rings (SSSR count). The third-order valence-electron chi connectivity index (χ3n) is 8.24. The Labute approximate surface area is 278 Å². The summed E-state index contributed by atoms with van der Waals surface area (Å²) < 4.78 is 126. The summed E-state index contributed by atoms with van der Waals surface area (Å²) in [5.41, 5.74) is -2.64. The van der Waals surface area contributed by atoms with E-state index < -0.39 is 45.5 Å². The molecular weight excluding hydrogens is 600 g/mol. The van der Waals surface area contributed by atoms with Gasteiger partial charge in [0, 0.05) is 4.47 Å². The van der Waals surface area contributed by atoms with E-state index in [2.05, 4.69) is 15.9 Å². The van der Waals surface area contributed by atoms with Gasteiger partial charge in [0.15, 0.2) is 0 Å². The van der Waals surface area contributed by atoms with Crippen LogP contribution in [0.3, 0.4) is 0 Å². The van der Waals surface area contributed by atoms with Crippen LogP contribution in [0.1, 0.15) is 98.2 Å². The summed E-state index contributed by atoms with van der Waals surface area (Å²) in [6, 6.07) is -3.16. The molecule has 232 valence electrons. The lowest BCUT2D eigenvalue weighted by molar-refractivity contribution is 0.00578. The number of rotatable bonds is 2. The third kappa shape index (κ3) is 8.71. The molecule has 0 spiro atoms. The highest BCUT2D eigenvalue weighted by Gasteiger charge is 2.63. The molecule has 0 N–H and O–H groups in total. The van der Waals surface area contributed by atoms with Gasteiger partial charge in [0.1, 0.15) is 0 Å². The van der Waals surface area contributed by atoms with Gasteiger partial charge >= 0.3 is 21.1 Å². The molecule has 0 bridgehead atoms. The van der Waals surface area contributed by atoms with Crippen LogP contribution in [-0.2, 0) is 27.9 Å². The molecule has 0 unspecified atom stereocenters. The lowest BCUT2D eigenvalue weighted by Gasteiger charge is -2.32. The van der Waals surface area contributed by atoms with Gasteiger partial charge in [-0.25, -0.2) is 0 Å². The molecule has 0 amide bonds. The number of hydrogen-bond donors (Lipinski definition) is 0. The predicted octanol–water partition coefficient (Wildman–Crippen LogP) is 7.27. The maximum atomic E-state index is 9.96. The molecule has 6 nitrogen and oxygen atoms in total. The number of alkyl halides is 1. The van der Waals surface area contributed by atoms with E-state index in [0.29, 0.717) is 0 Å². The molecule has 3 heterocycles. The van der Waals surface area contributed by atoms with Crippen LogP contribution < -0.4 is 5.46 Å². The van der Waals surface area contributed by atoms with Crippen molar-refractivity contribution >= 4 is 42.5 Å². The maximum absolute atomic E-state index is 9.96. The van der Waals surface area contributed by atoms with E-state index in [1.165, 1.54) is 0 Å². The summed E-state index contributed by atoms with van der Waals surface area (Å²) in [4.78, 5) is 0. The Morgan fingerprint density at radius 3 is 1.12 bits per heavy atom. The Balaban J connectivity index is 0.000000272. The molecule has 3 aliphatic rings. The summed E-state index contributed by atoms with van der Waals surface area (Å²) in [5.74, 6) is 0. The molecule has 0 radical (unpaired) electrons. The van der Waals surface area contributed by atoms with Gasteiger partial charge in [-0.1, -0.05) is 64.3 Å². The minimum Gasteiger partial charge on any atom is -0.405 e. The Bertz CT molecular complexity index is 1450. The van der Waals surface area contributed by atoms with Gasteiger partial charge in [0.2, 0.25) is 0 Å². The molecule has 11 heteroatoms. The fraction of sp³-hybridized carbons (Fsp3) is 0.613. The summed E-state index contributed by atoms with van der Waals surface area (Å²) in [6.45, 7) is 23.6. The molecule has 3 saturated heterocycles. The molecule has 3 fully saturated rings. The smallest absolute Gasteiger partial charge is 0.405 e. The molecule has 0 aromatic heterocycles. The molecule has 0 saturated carbocycles. The zero-order valence-electron chi connectivity index (χ0n) is 37.6. The van der Waals surface area contributed by atoms with Crippen molar-refractivity contribution in [1.82, 2.24) is 0 Å². The molecule has 2 aromatic rings. The van der Waals surface area contributed by atoms with Crippen molar-refractivity contribution in [2.45, 2.75) is 117 Å². The standard InChI is InChI=1S/C12H24B2O4.C12H17BO2.C6H5Br.CH3F/c1-9(2)10(3,4)16-13(15-9)14-17-11(5,6)12(7,8)18-14;1-11(2)12(3,4)15-13(14-11)10-8-6-5-7-9-10;7-6-4-2-1-3-5-6;1-2/h1-8H3;5-9H,1-4H3;1-5H;1H3/i;5D,6D,7D,8D,9D;1D,2D,3D,4D,5D;1D. The zero-order chi connectivity index (χ0) is 41.6. The first kappa shape index (κ1) is 23.2. The van der Waals surface area contributed by atoms with Crippen molar-refractivity contribution < 1.29 is 47.4 Å². The molecule has 42 heavy (non-hydrogen) atoms.